The van der Waals surface area contributed by atoms with Gasteiger partial charge in [-0.25, -0.2) is 4.79 Å². The molecule has 1 aliphatic heterocycles. The van der Waals surface area contributed by atoms with Gasteiger partial charge in [-0.1, -0.05) is 25.4 Å². The molecular formula is C15H15ClF3NaO3S. The Morgan fingerprint density at radius 2 is 2.08 bits per heavy atom. The molecule has 128 valence electrons. The monoisotopic (exact) mass is 390 g/mol. The first-order valence-corrected chi connectivity index (χ1v) is 8.10. The van der Waals surface area contributed by atoms with Crippen LogP contribution < -0.4 is 34.3 Å². The zero-order valence-electron chi connectivity index (χ0n) is 14.3. The van der Waals surface area contributed by atoms with Crippen molar-refractivity contribution in [3.8, 4) is 5.75 Å². The maximum atomic E-state index is 13.0. The van der Waals surface area contributed by atoms with Crippen molar-refractivity contribution in [1.29, 1.82) is 0 Å². The fraction of sp³-hybridized carbons (Fsp3) is 0.400. The summed E-state index contributed by atoms with van der Waals surface area (Å²) in [5.74, 6) is -0.563. The molecule has 1 aliphatic rings. The molecule has 24 heavy (non-hydrogen) atoms. The molecule has 1 N–H and O–H groups in total. The fourth-order valence-electron chi connectivity index (χ4n) is 1.98. The SMILES string of the molecule is CC(C)CSc1cc2c(cc1Cl)C=C(C(=O)O)[C@H](C(F)(F)F)O2.[H-].[Na+]. The molecule has 0 spiro atoms. The van der Waals surface area contributed by atoms with Gasteiger partial charge in [-0.2, -0.15) is 13.2 Å². The zero-order chi connectivity index (χ0) is 17.4. The maximum absolute atomic E-state index is 13.0. The van der Waals surface area contributed by atoms with Gasteiger partial charge in [0, 0.05) is 16.2 Å². The summed E-state index contributed by atoms with van der Waals surface area (Å²) in [4.78, 5) is 11.7. The number of alkyl halides is 3. The molecule has 0 fully saturated rings. The van der Waals surface area contributed by atoms with Crippen molar-refractivity contribution >= 4 is 35.4 Å². The summed E-state index contributed by atoms with van der Waals surface area (Å²) in [6, 6.07) is 2.85. The number of fused-ring (bicyclic) bond motifs is 1. The van der Waals surface area contributed by atoms with Crippen LogP contribution in [0.3, 0.4) is 0 Å². The van der Waals surface area contributed by atoms with Crippen LogP contribution >= 0.6 is 23.4 Å². The second kappa shape index (κ2) is 8.36. The predicted molar refractivity (Wildman–Crippen MR) is 84.2 cm³/mol. The molecule has 1 atom stereocenters. The third-order valence-corrected chi connectivity index (χ3v) is 4.93. The Labute approximate surface area is 170 Å². The number of ether oxygens (including phenoxy) is 1. The number of aliphatic carboxylic acids is 1. The van der Waals surface area contributed by atoms with Crippen molar-refractivity contribution in [1.82, 2.24) is 0 Å². The molecule has 0 bridgehead atoms. The molecule has 0 aromatic heterocycles. The molecule has 0 saturated carbocycles. The van der Waals surface area contributed by atoms with Crippen LogP contribution in [-0.2, 0) is 4.79 Å². The molecule has 1 aromatic rings. The first-order chi connectivity index (χ1) is 10.6. The summed E-state index contributed by atoms with van der Waals surface area (Å²) in [6.45, 7) is 4.02. The molecular weight excluding hydrogens is 376 g/mol. The van der Waals surface area contributed by atoms with Crippen LogP contribution in [0.5, 0.6) is 5.75 Å². The number of rotatable bonds is 4. The molecule has 0 radical (unpaired) electrons. The zero-order valence-corrected chi connectivity index (χ0v) is 16.9. The van der Waals surface area contributed by atoms with Crippen molar-refractivity contribution in [3.05, 3.63) is 28.3 Å². The number of thioether (sulfide) groups is 1. The van der Waals surface area contributed by atoms with Crippen molar-refractivity contribution < 1.29 is 58.8 Å². The number of carboxylic acid groups (broad SMARTS) is 1. The van der Waals surface area contributed by atoms with Crippen LogP contribution in [0, 0.1) is 5.92 Å². The van der Waals surface area contributed by atoms with E-state index < -0.39 is 23.8 Å². The summed E-state index contributed by atoms with van der Waals surface area (Å²) < 4.78 is 44.0. The number of carbonyl (C=O) groups is 1. The van der Waals surface area contributed by atoms with Crippen molar-refractivity contribution in [2.75, 3.05) is 5.75 Å². The Hall–Kier alpha value is -0.340. The number of halogens is 4. The van der Waals surface area contributed by atoms with Gasteiger partial charge in [0.15, 0.2) is 0 Å². The normalized spacial score (nSPS) is 16.8. The van der Waals surface area contributed by atoms with Crippen LogP contribution in [0.15, 0.2) is 22.6 Å². The Bertz CT molecular complexity index is 668. The van der Waals surface area contributed by atoms with Gasteiger partial charge in [0.05, 0.1) is 10.6 Å². The van der Waals surface area contributed by atoms with Crippen molar-refractivity contribution in [2.24, 2.45) is 5.92 Å². The van der Waals surface area contributed by atoms with Gasteiger partial charge in [0.2, 0.25) is 6.10 Å². The number of benzene rings is 1. The van der Waals surface area contributed by atoms with Gasteiger partial charge < -0.3 is 11.3 Å². The number of hydrogen-bond acceptors (Lipinski definition) is 3. The van der Waals surface area contributed by atoms with Crippen molar-refractivity contribution in [3.63, 3.8) is 0 Å². The third kappa shape index (κ3) is 5.08. The Balaban J connectivity index is 0.00000288. The fourth-order valence-corrected chi connectivity index (χ4v) is 3.22. The van der Waals surface area contributed by atoms with E-state index >= 15 is 0 Å². The molecule has 0 amide bonds. The summed E-state index contributed by atoms with van der Waals surface area (Å²) in [5.41, 5.74) is -0.634. The molecule has 0 unspecified atom stereocenters. The van der Waals surface area contributed by atoms with E-state index in [4.69, 9.17) is 21.4 Å². The first-order valence-electron chi connectivity index (χ1n) is 6.74. The van der Waals surface area contributed by atoms with Gasteiger partial charge in [0.1, 0.15) is 5.75 Å². The first kappa shape index (κ1) is 21.7. The molecule has 1 aromatic carbocycles. The minimum absolute atomic E-state index is 0. The summed E-state index contributed by atoms with van der Waals surface area (Å²) in [5, 5.41) is 9.33. The average Bonchev–Trinajstić information content (AvgIpc) is 2.42. The third-order valence-electron chi connectivity index (χ3n) is 3.02. The van der Waals surface area contributed by atoms with E-state index in [0.717, 1.165) is 11.8 Å². The molecule has 0 saturated heterocycles. The molecule has 0 aliphatic carbocycles. The van der Waals surface area contributed by atoms with Gasteiger partial charge in [-0.3, -0.25) is 0 Å². The molecule has 3 nitrogen and oxygen atoms in total. The smallest absolute Gasteiger partial charge is 1.00 e. The summed E-state index contributed by atoms with van der Waals surface area (Å²) >= 11 is 7.54. The topological polar surface area (TPSA) is 46.5 Å². The standard InChI is InChI=1S/C15H14ClF3O3S.Na.H/c1-7(2)6-23-12-5-11-8(4-10(12)16)3-9(14(20)21)13(22-11)15(17,18)19;;/h3-5,7,13H,6H2,1-2H3,(H,20,21);;/q;+1;-1/t13-;;/m1../s1. The Morgan fingerprint density at radius 1 is 1.46 bits per heavy atom. The molecule has 9 heteroatoms. The van der Waals surface area contributed by atoms with E-state index in [-0.39, 0.29) is 42.3 Å². The van der Waals surface area contributed by atoms with E-state index in [9.17, 15) is 18.0 Å². The van der Waals surface area contributed by atoms with E-state index in [2.05, 4.69) is 0 Å². The minimum atomic E-state index is -4.81. The number of carboxylic acids is 1. The quantitative estimate of drug-likeness (QED) is 0.631. The van der Waals surface area contributed by atoms with Crippen LogP contribution in [0.25, 0.3) is 6.08 Å². The second-order valence-electron chi connectivity index (χ2n) is 5.47. The predicted octanol–water partition coefficient (Wildman–Crippen LogP) is 2.00. The van der Waals surface area contributed by atoms with E-state index in [1.165, 1.54) is 23.9 Å². The van der Waals surface area contributed by atoms with E-state index in [1.54, 1.807) is 0 Å². The van der Waals surface area contributed by atoms with Gasteiger partial charge in [0.25, 0.3) is 0 Å². The summed E-state index contributed by atoms with van der Waals surface area (Å²) in [7, 11) is 0. The van der Waals surface area contributed by atoms with E-state index in [1.807, 2.05) is 13.8 Å². The molecule has 1 heterocycles. The minimum Gasteiger partial charge on any atom is -1.00 e. The molecule has 2 rings (SSSR count). The van der Waals surface area contributed by atoms with Crippen LogP contribution in [0.4, 0.5) is 13.2 Å². The van der Waals surface area contributed by atoms with Crippen LogP contribution in [0.2, 0.25) is 5.02 Å². The maximum Gasteiger partial charge on any atom is 1.00 e. The van der Waals surface area contributed by atoms with Crippen molar-refractivity contribution in [2.45, 2.75) is 31.0 Å². The Kier molecular flexibility index (Phi) is 7.56. The largest absolute Gasteiger partial charge is 1.00 e. The Morgan fingerprint density at radius 3 is 2.58 bits per heavy atom. The van der Waals surface area contributed by atoms with Gasteiger partial charge in [-0.05, 0) is 24.1 Å². The average molecular weight is 391 g/mol. The van der Waals surface area contributed by atoms with Gasteiger partial charge >= 0.3 is 41.7 Å². The van der Waals surface area contributed by atoms with E-state index in [0.29, 0.717) is 15.8 Å². The second-order valence-corrected chi connectivity index (χ2v) is 6.94. The summed E-state index contributed by atoms with van der Waals surface area (Å²) in [6.07, 6.45) is -6.34. The van der Waals surface area contributed by atoms with Crippen LogP contribution in [0.1, 0.15) is 20.8 Å². The van der Waals surface area contributed by atoms with Gasteiger partial charge in [-0.15, -0.1) is 11.8 Å². The number of hydrogen-bond donors (Lipinski definition) is 1. The van der Waals surface area contributed by atoms with Crippen LogP contribution in [-0.4, -0.2) is 29.1 Å².